The molecule has 0 aliphatic carbocycles. The fraction of sp³-hybridized carbons (Fsp3) is 0.294. The second kappa shape index (κ2) is 8.00. The third-order valence-electron chi connectivity index (χ3n) is 3.89. The Labute approximate surface area is 162 Å². The molecule has 0 amide bonds. The van der Waals surface area contributed by atoms with Crippen LogP contribution in [-0.2, 0) is 16.2 Å². The van der Waals surface area contributed by atoms with Crippen LogP contribution in [0.5, 0.6) is 0 Å². The number of nitriles is 1. The Hall–Kier alpha value is -2.65. The van der Waals surface area contributed by atoms with Gasteiger partial charge in [0.1, 0.15) is 17.0 Å². The summed E-state index contributed by atoms with van der Waals surface area (Å²) in [6, 6.07) is 1.98. The number of sulfonamides is 1. The third kappa shape index (κ3) is 4.86. The molecule has 1 unspecified atom stereocenters. The smallest absolute Gasteiger partial charge is 0.262 e. The van der Waals surface area contributed by atoms with E-state index in [1.807, 2.05) is 0 Å². The van der Waals surface area contributed by atoms with E-state index in [4.69, 9.17) is 5.26 Å². The van der Waals surface area contributed by atoms with Gasteiger partial charge in [-0.15, -0.1) is 0 Å². The van der Waals surface area contributed by atoms with Crippen LogP contribution in [0.25, 0.3) is 0 Å². The van der Waals surface area contributed by atoms with E-state index in [0.717, 1.165) is 37.5 Å². The number of nitrogens with zero attached hydrogens (tertiary/aromatic N) is 3. The standard InChI is InChI=1S/C17H13F6N3O2S/c1-2-26(29(27,28)14-6-11(8-24)9-25-10-14)15(17(21,22)23)12-4-3-5-13(7-12)16(18,19)20/h3-7,9-10,15H,2H2,1H3. The molecule has 1 aromatic carbocycles. The third-order valence-corrected chi connectivity index (χ3v) is 5.79. The van der Waals surface area contributed by atoms with Crippen molar-refractivity contribution in [3.05, 3.63) is 59.4 Å². The number of hydrogen-bond donors (Lipinski definition) is 0. The van der Waals surface area contributed by atoms with E-state index in [1.165, 1.54) is 0 Å². The van der Waals surface area contributed by atoms with Crippen LogP contribution in [0.2, 0.25) is 0 Å². The fourth-order valence-electron chi connectivity index (χ4n) is 2.65. The van der Waals surface area contributed by atoms with Crippen LogP contribution in [0.3, 0.4) is 0 Å². The van der Waals surface area contributed by atoms with Crippen LogP contribution in [-0.4, -0.2) is 30.4 Å². The van der Waals surface area contributed by atoms with Gasteiger partial charge in [-0.05, 0) is 23.8 Å². The molecule has 0 bridgehead atoms. The topological polar surface area (TPSA) is 74.1 Å². The number of benzene rings is 1. The predicted molar refractivity (Wildman–Crippen MR) is 88.8 cm³/mol. The summed E-state index contributed by atoms with van der Waals surface area (Å²) in [5.74, 6) is 0. The number of halogens is 6. The highest BCUT2D eigenvalue weighted by Gasteiger charge is 2.49. The van der Waals surface area contributed by atoms with Gasteiger partial charge < -0.3 is 0 Å². The maximum absolute atomic E-state index is 13.8. The molecule has 1 heterocycles. The van der Waals surface area contributed by atoms with E-state index in [9.17, 15) is 34.8 Å². The van der Waals surface area contributed by atoms with Crippen LogP contribution in [0.4, 0.5) is 26.3 Å². The monoisotopic (exact) mass is 437 g/mol. The minimum absolute atomic E-state index is 0.0284. The number of hydrogen-bond acceptors (Lipinski definition) is 4. The maximum Gasteiger partial charge on any atom is 0.416 e. The van der Waals surface area contributed by atoms with Gasteiger partial charge in [-0.2, -0.15) is 35.9 Å². The highest BCUT2D eigenvalue weighted by Crippen LogP contribution is 2.42. The molecule has 0 saturated heterocycles. The lowest BCUT2D eigenvalue weighted by atomic mass is 10.0. The number of pyridine rings is 1. The molecule has 0 radical (unpaired) electrons. The first-order valence-corrected chi connectivity index (χ1v) is 9.37. The molecule has 2 aromatic rings. The Balaban J connectivity index is 2.66. The molecule has 0 saturated carbocycles. The SMILES string of the molecule is CCN(C(c1cccc(C(F)(F)F)c1)C(F)(F)F)S(=O)(=O)c1cncc(C#N)c1. The first-order chi connectivity index (χ1) is 13.3. The zero-order chi connectivity index (χ0) is 22.0. The van der Waals surface area contributed by atoms with Gasteiger partial charge >= 0.3 is 12.4 Å². The molecule has 1 aromatic heterocycles. The van der Waals surface area contributed by atoms with E-state index >= 15 is 0 Å². The quantitative estimate of drug-likeness (QED) is 0.655. The maximum atomic E-state index is 13.8. The molecule has 12 heteroatoms. The number of rotatable bonds is 5. The Morgan fingerprint density at radius 1 is 1.14 bits per heavy atom. The summed E-state index contributed by atoms with van der Waals surface area (Å²) in [6.07, 6.45) is -8.34. The summed E-state index contributed by atoms with van der Waals surface area (Å²) in [4.78, 5) is 2.84. The minimum Gasteiger partial charge on any atom is -0.262 e. The Bertz CT molecular complexity index is 1030. The van der Waals surface area contributed by atoms with Crippen molar-refractivity contribution < 1.29 is 34.8 Å². The predicted octanol–water partition coefficient (Wildman–Crippen LogP) is 4.29. The van der Waals surface area contributed by atoms with Gasteiger partial charge in [0.2, 0.25) is 10.0 Å². The zero-order valence-electron chi connectivity index (χ0n) is 14.7. The van der Waals surface area contributed by atoms with Crippen molar-refractivity contribution in [2.45, 2.75) is 30.2 Å². The van der Waals surface area contributed by atoms with E-state index < -0.39 is 51.0 Å². The van der Waals surface area contributed by atoms with Crippen molar-refractivity contribution in [2.24, 2.45) is 0 Å². The van der Waals surface area contributed by atoms with Crippen LogP contribution in [0.1, 0.15) is 29.7 Å². The summed E-state index contributed by atoms with van der Waals surface area (Å²) in [7, 11) is -4.84. The molecular formula is C17H13F6N3O2S. The lowest BCUT2D eigenvalue weighted by Crippen LogP contribution is -2.42. The first-order valence-electron chi connectivity index (χ1n) is 7.93. The van der Waals surface area contributed by atoms with Crippen molar-refractivity contribution in [3.8, 4) is 6.07 Å². The summed E-state index contributed by atoms with van der Waals surface area (Å²) >= 11 is 0. The van der Waals surface area contributed by atoms with Crippen molar-refractivity contribution in [1.82, 2.24) is 9.29 Å². The number of alkyl halides is 6. The molecule has 0 aliphatic rings. The highest BCUT2D eigenvalue weighted by molar-refractivity contribution is 7.89. The van der Waals surface area contributed by atoms with E-state index in [1.54, 1.807) is 6.07 Å². The van der Waals surface area contributed by atoms with E-state index in [-0.39, 0.29) is 15.9 Å². The minimum atomic E-state index is -5.21. The average Bonchev–Trinajstić information content (AvgIpc) is 2.64. The summed E-state index contributed by atoms with van der Waals surface area (Å²) in [5.41, 5.74) is -2.43. The molecule has 1 atom stereocenters. The van der Waals surface area contributed by atoms with Crippen molar-refractivity contribution in [3.63, 3.8) is 0 Å². The lowest BCUT2D eigenvalue weighted by molar-refractivity contribution is -0.173. The second-order valence-electron chi connectivity index (χ2n) is 5.80. The Morgan fingerprint density at radius 2 is 1.79 bits per heavy atom. The first kappa shape index (κ1) is 22.6. The Kier molecular flexibility index (Phi) is 6.24. The van der Waals surface area contributed by atoms with Gasteiger partial charge in [0.15, 0.2) is 0 Å². The number of aromatic nitrogens is 1. The molecular weight excluding hydrogens is 424 g/mol. The van der Waals surface area contributed by atoms with Gasteiger partial charge in [-0.3, -0.25) is 4.98 Å². The molecule has 156 valence electrons. The molecule has 29 heavy (non-hydrogen) atoms. The Morgan fingerprint density at radius 3 is 2.31 bits per heavy atom. The summed E-state index contributed by atoms with van der Waals surface area (Å²) < 4.78 is 106. The van der Waals surface area contributed by atoms with Crippen LogP contribution in [0.15, 0.2) is 47.6 Å². The highest BCUT2D eigenvalue weighted by atomic mass is 32.2. The normalized spacial score (nSPS) is 13.9. The van der Waals surface area contributed by atoms with Crippen LogP contribution in [0, 0.1) is 11.3 Å². The average molecular weight is 437 g/mol. The van der Waals surface area contributed by atoms with E-state index in [2.05, 4.69) is 4.98 Å². The van der Waals surface area contributed by atoms with Crippen molar-refractivity contribution in [2.75, 3.05) is 6.54 Å². The lowest BCUT2D eigenvalue weighted by Gasteiger charge is -2.32. The van der Waals surface area contributed by atoms with Gasteiger partial charge in [0.05, 0.1) is 11.1 Å². The second-order valence-corrected chi connectivity index (χ2v) is 7.69. The molecule has 0 spiro atoms. The summed E-state index contributed by atoms with van der Waals surface area (Å²) in [6.45, 7) is 0.422. The van der Waals surface area contributed by atoms with Crippen LogP contribution < -0.4 is 0 Å². The molecule has 0 N–H and O–H groups in total. The molecule has 0 fully saturated rings. The summed E-state index contributed by atoms with van der Waals surface area (Å²) in [5, 5.41) is 8.86. The van der Waals surface area contributed by atoms with Gasteiger partial charge in [0, 0.05) is 18.9 Å². The van der Waals surface area contributed by atoms with Crippen molar-refractivity contribution >= 4 is 10.0 Å². The van der Waals surface area contributed by atoms with Gasteiger partial charge in [-0.1, -0.05) is 19.1 Å². The molecule has 0 aliphatic heterocycles. The van der Waals surface area contributed by atoms with Gasteiger partial charge in [0.25, 0.3) is 0 Å². The molecule has 2 rings (SSSR count). The van der Waals surface area contributed by atoms with Crippen LogP contribution >= 0.6 is 0 Å². The molecule has 5 nitrogen and oxygen atoms in total. The largest absolute Gasteiger partial charge is 0.416 e. The van der Waals surface area contributed by atoms with Gasteiger partial charge in [-0.25, -0.2) is 8.42 Å². The van der Waals surface area contributed by atoms with Crippen molar-refractivity contribution in [1.29, 1.82) is 5.26 Å². The fourth-order valence-corrected chi connectivity index (χ4v) is 4.25. The van der Waals surface area contributed by atoms with E-state index in [0.29, 0.717) is 6.07 Å². The zero-order valence-corrected chi connectivity index (χ0v) is 15.5.